The van der Waals surface area contributed by atoms with E-state index in [9.17, 15) is 13.6 Å². The Morgan fingerprint density at radius 2 is 1.68 bits per heavy atom. The van der Waals surface area contributed by atoms with Gasteiger partial charge in [0.1, 0.15) is 5.60 Å². The molecule has 4 aliphatic rings. The summed E-state index contributed by atoms with van der Waals surface area (Å²) in [5.41, 5.74) is -0.660. The Morgan fingerprint density at radius 3 is 2.14 bits per heavy atom. The van der Waals surface area contributed by atoms with Crippen LogP contribution in [0.25, 0.3) is 0 Å². The number of carbonyl (C=O) groups excluding carboxylic acids is 1. The van der Waals surface area contributed by atoms with Crippen LogP contribution in [0, 0.1) is 17.8 Å². The number of carbonyl (C=O) groups is 1. The van der Waals surface area contributed by atoms with E-state index in [1.165, 1.54) is 0 Å². The molecule has 0 spiro atoms. The molecule has 2 unspecified atom stereocenters. The Labute approximate surface area is 131 Å². The van der Waals surface area contributed by atoms with E-state index >= 15 is 0 Å². The van der Waals surface area contributed by atoms with Crippen LogP contribution < -0.4 is 0 Å². The van der Waals surface area contributed by atoms with E-state index in [-0.39, 0.29) is 6.10 Å². The molecule has 126 valence electrons. The lowest BCUT2D eigenvalue weighted by molar-refractivity contribution is -0.220. The Balaban J connectivity index is 1.75. The molecule has 4 rings (SSSR count). The smallest absolute Gasteiger partial charge is 0.377 e. The van der Waals surface area contributed by atoms with Gasteiger partial charge < -0.3 is 9.16 Å². The first-order valence-corrected chi connectivity index (χ1v) is 11.7. The van der Waals surface area contributed by atoms with Gasteiger partial charge in [0.25, 0.3) is 0 Å². The van der Waals surface area contributed by atoms with Gasteiger partial charge in [-0.1, -0.05) is 0 Å². The monoisotopic (exact) mass is 332 g/mol. The van der Waals surface area contributed by atoms with Crippen LogP contribution in [0.1, 0.15) is 39.0 Å². The fourth-order valence-corrected chi connectivity index (χ4v) is 6.12. The van der Waals surface area contributed by atoms with Crippen LogP contribution in [0.15, 0.2) is 0 Å². The molecular weight excluding hydrogens is 306 g/mol. The minimum atomic E-state index is -3.41. The average molecular weight is 332 g/mol. The van der Waals surface area contributed by atoms with Crippen molar-refractivity contribution in [1.82, 2.24) is 0 Å². The zero-order valence-corrected chi connectivity index (χ0v) is 14.8. The van der Waals surface area contributed by atoms with Crippen LogP contribution in [0.3, 0.4) is 0 Å². The van der Waals surface area contributed by atoms with Gasteiger partial charge in [0.15, 0.2) is 8.32 Å². The van der Waals surface area contributed by atoms with Crippen LogP contribution in [-0.2, 0) is 14.0 Å². The zero-order valence-electron chi connectivity index (χ0n) is 13.8. The van der Waals surface area contributed by atoms with Gasteiger partial charge in [-0.3, -0.25) is 0 Å². The molecule has 4 fully saturated rings. The second-order valence-corrected chi connectivity index (χ2v) is 13.1. The number of hydrogen-bond acceptors (Lipinski definition) is 3. The second-order valence-electron chi connectivity index (χ2n) is 8.63. The van der Waals surface area contributed by atoms with Gasteiger partial charge in [-0.05, 0) is 69.5 Å². The largest absolute Gasteiger partial charge is 0.455 e. The Morgan fingerprint density at radius 1 is 1.14 bits per heavy atom. The molecule has 0 aromatic carbocycles. The summed E-state index contributed by atoms with van der Waals surface area (Å²) >= 11 is 0. The van der Waals surface area contributed by atoms with Gasteiger partial charge in [0, 0.05) is 6.92 Å². The van der Waals surface area contributed by atoms with Crippen molar-refractivity contribution >= 4 is 14.3 Å². The number of esters is 1. The van der Waals surface area contributed by atoms with Crippen molar-refractivity contribution in [1.29, 1.82) is 0 Å². The number of hydrogen-bond donors (Lipinski definition) is 0. The van der Waals surface area contributed by atoms with Crippen molar-refractivity contribution in [3.8, 4) is 0 Å². The third kappa shape index (κ3) is 3.09. The molecule has 0 aromatic rings. The first-order chi connectivity index (χ1) is 9.97. The highest BCUT2D eigenvalue weighted by atomic mass is 28.4. The predicted octanol–water partition coefficient (Wildman–Crippen LogP) is 3.98. The van der Waals surface area contributed by atoms with Crippen molar-refractivity contribution < 1.29 is 22.7 Å². The molecule has 4 bridgehead atoms. The van der Waals surface area contributed by atoms with E-state index in [0.717, 1.165) is 19.3 Å². The maximum atomic E-state index is 13.2. The number of ether oxygens (including phenoxy) is 1. The molecule has 2 atom stereocenters. The SMILES string of the molecule is CC(F)(F)C(=O)OC12CC3CC(C1)C(O[Si](C)(C)C)C(C3)C2. The van der Waals surface area contributed by atoms with Crippen LogP contribution in [0.2, 0.25) is 19.6 Å². The number of rotatable bonds is 4. The Hall–Kier alpha value is -0.493. The molecule has 22 heavy (non-hydrogen) atoms. The first kappa shape index (κ1) is 16.4. The molecule has 0 amide bonds. The standard InChI is InChI=1S/C16H26F2O3Si/c1-15(17,18)14(19)20-16-7-10-5-11(8-16)13(12(6-10)9-16)21-22(2,3)4/h10-13H,5-9H2,1-4H3. The van der Waals surface area contributed by atoms with Crippen molar-refractivity contribution in [3.05, 3.63) is 0 Å². The molecule has 0 N–H and O–H groups in total. The molecule has 4 saturated carbocycles. The van der Waals surface area contributed by atoms with Crippen molar-refractivity contribution in [2.45, 2.75) is 76.3 Å². The normalized spacial score (nSPS) is 40.8. The summed E-state index contributed by atoms with van der Waals surface area (Å²) in [4.78, 5) is 11.7. The van der Waals surface area contributed by atoms with Gasteiger partial charge >= 0.3 is 11.9 Å². The minimum absolute atomic E-state index is 0.234. The summed E-state index contributed by atoms with van der Waals surface area (Å²) in [7, 11) is -1.63. The minimum Gasteiger partial charge on any atom is -0.455 e. The van der Waals surface area contributed by atoms with E-state index in [2.05, 4.69) is 19.6 Å². The fraction of sp³-hybridized carbons (Fsp3) is 0.938. The molecule has 0 aromatic heterocycles. The third-order valence-corrected chi connectivity index (χ3v) is 6.27. The molecule has 6 heteroatoms. The predicted molar refractivity (Wildman–Crippen MR) is 81.2 cm³/mol. The molecule has 0 heterocycles. The quantitative estimate of drug-likeness (QED) is 0.577. The topological polar surface area (TPSA) is 35.5 Å². The number of alkyl halides is 2. The van der Waals surface area contributed by atoms with Crippen LogP contribution in [0.5, 0.6) is 0 Å². The van der Waals surface area contributed by atoms with Crippen LogP contribution in [-0.4, -0.2) is 31.9 Å². The summed E-state index contributed by atoms with van der Waals surface area (Å²) < 4.78 is 38.2. The van der Waals surface area contributed by atoms with Crippen molar-refractivity contribution in [2.75, 3.05) is 0 Å². The van der Waals surface area contributed by atoms with Crippen LogP contribution in [0.4, 0.5) is 8.78 Å². The summed E-state index contributed by atoms with van der Waals surface area (Å²) in [5.74, 6) is -3.56. The van der Waals surface area contributed by atoms with Crippen molar-refractivity contribution in [2.24, 2.45) is 17.8 Å². The maximum Gasteiger partial charge on any atom is 0.377 e. The van der Waals surface area contributed by atoms with E-state index in [1.807, 2.05) is 0 Å². The lowest BCUT2D eigenvalue weighted by atomic mass is 9.53. The lowest BCUT2D eigenvalue weighted by Crippen LogP contribution is -2.61. The van der Waals surface area contributed by atoms with Gasteiger partial charge in [0.2, 0.25) is 0 Å². The Bertz CT molecular complexity index is 453. The van der Waals surface area contributed by atoms with E-state index < -0.39 is 25.8 Å². The molecular formula is C16H26F2O3Si. The Kier molecular flexibility index (Phi) is 3.72. The summed E-state index contributed by atoms with van der Waals surface area (Å²) in [6.07, 6.45) is 4.55. The van der Waals surface area contributed by atoms with Gasteiger partial charge in [-0.15, -0.1) is 0 Å². The van der Waals surface area contributed by atoms with Crippen LogP contribution >= 0.6 is 0 Å². The summed E-state index contributed by atoms with van der Waals surface area (Å²) in [5, 5.41) is 0. The maximum absolute atomic E-state index is 13.2. The second kappa shape index (κ2) is 5.00. The zero-order chi connectivity index (χ0) is 16.3. The first-order valence-electron chi connectivity index (χ1n) is 8.27. The molecule has 4 aliphatic carbocycles. The fourth-order valence-electron chi connectivity index (χ4n) is 4.92. The summed E-state index contributed by atoms with van der Waals surface area (Å²) in [6, 6.07) is 0. The van der Waals surface area contributed by atoms with Crippen molar-refractivity contribution in [3.63, 3.8) is 0 Å². The lowest BCUT2D eigenvalue weighted by Gasteiger charge is -2.59. The van der Waals surface area contributed by atoms with E-state index in [0.29, 0.717) is 37.5 Å². The highest BCUT2D eigenvalue weighted by Crippen LogP contribution is 2.58. The molecule has 3 nitrogen and oxygen atoms in total. The van der Waals surface area contributed by atoms with Gasteiger partial charge in [-0.25, -0.2) is 4.79 Å². The highest BCUT2D eigenvalue weighted by Gasteiger charge is 2.59. The number of halogens is 2. The summed E-state index contributed by atoms with van der Waals surface area (Å²) in [6.45, 7) is 7.18. The van der Waals surface area contributed by atoms with Gasteiger partial charge in [0.05, 0.1) is 6.10 Å². The third-order valence-electron chi connectivity index (χ3n) is 5.29. The van der Waals surface area contributed by atoms with E-state index in [4.69, 9.17) is 9.16 Å². The molecule has 0 aliphatic heterocycles. The van der Waals surface area contributed by atoms with Gasteiger partial charge in [-0.2, -0.15) is 8.78 Å². The highest BCUT2D eigenvalue weighted by molar-refractivity contribution is 6.69. The van der Waals surface area contributed by atoms with E-state index in [1.54, 1.807) is 0 Å². The molecule has 0 radical (unpaired) electrons. The average Bonchev–Trinajstić information content (AvgIpc) is 2.30. The molecule has 0 saturated heterocycles.